The summed E-state index contributed by atoms with van der Waals surface area (Å²) in [6.07, 6.45) is 2.27. The van der Waals surface area contributed by atoms with E-state index in [0.29, 0.717) is 28.6 Å². The molecule has 0 aliphatic carbocycles. The van der Waals surface area contributed by atoms with Crippen molar-refractivity contribution in [2.75, 3.05) is 17.7 Å². The number of carbonyl (C=O) groups is 1. The van der Waals surface area contributed by atoms with Crippen LogP contribution < -0.4 is 16.8 Å². The summed E-state index contributed by atoms with van der Waals surface area (Å²) in [5, 5.41) is 15.2. The number of aliphatic hydroxyl groups is 1. The van der Waals surface area contributed by atoms with Crippen LogP contribution in [0, 0.1) is 13.8 Å². The minimum Gasteiger partial charge on any atom is -0.396 e. The number of amides is 1. The predicted octanol–water partition coefficient (Wildman–Crippen LogP) is 2.79. The number of aryl methyl sites for hydroxylation is 2. The summed E-state index contributed by atoms with van der Waals surface area (Å²) >= 11 is 0. The number of nitrogens with one attached hydrogen (secondary N) is 1. The number of aromatic nitrogens is 4. The Balaban J connectivity index is 0.000000286. The lowest BCUT2D eigenvalue weighted by Gasteiger charge is -2.09. The zero-order valence-electron chi connectivity index (χ0n) is 18.3. The molecule has 4 rings (SSSR count). The van der Waals surface area contributed by atoms with Gasteiger partial charge in [0.05, 0.1) is 0 Å². The van der Waals surface area contributed by atoms with E-state index < -0.39 is 5.91 Å². The van der Waals surface area contributed by atoms with Gasteiger partial charge in [0.1, 0.15) is 11.4 Å². The summed E-state index contributed by atoms with van der Waals surface area (Å²) in [5.41, 5.74) is 14.8. The molecule has 0 fully saturated rings. The van der Waals surface area contributed by atoms with Gasteiger partial charge in [-0.25, -0.2) is 4.98 Å². The number of hydrogen-bond acceptors (Lipinski definition) is 9. The van der Waals surface area contributed by atoms with Gasteiger partial charge in [-0.05, 0) is 49.6 Å². The lowest BCUT2D eigenvalue weighted by Crippen LogP contribution is -2.12. The molecule has 0 atom stereocenters. The van der Waals surface area contributed by atoms with Crippen LogP contribution in [0.3, 0.4) is 0 Å². The number of primary amides is 1. The molecule has 0 saturated heterocycles. The Morgan fingerprint density at radius 1 is 1.12 bits per heavy atom. The van der Waals surface area contributed by atoms with Crippen molar-refractivity contribution in [3.8, 4) is 11.5 Å². The number of rotatable bonds is 6. The van der Waals surface area contributed by atoms with Crippen LogP contribution in [0.25, 0.3) is 11.5 Å². The molecule has 2 aromatic heterocycles. The molecule has 4 aromatic rings. The summed E-state index contributed by atoms with van der Waals surface area (Å²) in [4.78, 5) is 23.7. The second-order valence-corrected chi connectivity index (χ2v) is 7.12. The van der Waals surface area contributed by atoms with E-state index >= 15 is 0 Å². The summed E-state index contributed by atoms with van der Waals surface area (Å²) < 4.78 is 5.06. The molecule has 1 amide bonds. The molecule has 10 heteroatoms. The van der Waals surface area contributed by atoms with Crippen LogP contribution in [0.5, 0.6) is 0 Å². The van der Waals surface area contributed by atoms with Crippen LogP contribution in [0.1, 0.15) is 27.3 Å². The van der Waals surface area contributed by atoms with E-state index in [-0.39, 0.29) is 18.3 Å². The molecule has 33 heavy (non-hydrogen) atoms. The zero-order valence-corrected chi connectivity index (χ0v) is 18.3. The molecule has 0 saturated carbocycles. The van der Waals surface area contributed by atoms with E-state index in [4.69, 9.17) is 21.1 Å². The second kappa shape index (κ2) is 10.8. The molecule has 2 aromatic carbocycles. The molecule has 6 N–H and O–H groups in total. The molecule has 0 aliphatic rings. The average molecular weight is 447 g/mol. The van der Waals surface area contributed by atoms with Crippen LogP contribution in [-0.4, -0.2) is 37.7 Å². The largest absolute Gasteiger partial charge is 0.396 e. The molecular formula is C23H25N7O3. The maximum atomic E-state index is 11.3. The number of carbonyl (C=O) groups excluding carboxylic acids is 1. The highest BCUT2D eigenvalue weighted by atomic mass is 16.5. The van der Waals surface area contributed by atoms with E-state index in [1.54, 1.807) is 32.0 Å². The first kappa shape index (κ1) is 23.4. The van der Waals surface area contributed by atoms with Gasteiger partial charge in [0.15, 0.2) is 5.82 Å². The van der Waals surface area contributed by atoms with Gasteiger partial charge in [-0.1, -0.05) is 35.5 Å². The number of nitrogens with zero attached hydrogens (tertiary/aromatic N) is 4. The topological polar surface area (TPSA) is 166 Å². The normalized spacial score (nSPS) is 10.3. The van der Waals surface area contributed by atoms with Crippen LogP contribution >= 0.6 is 0 Å². The summed E-state index contributed by atoms with van der Waals surface area (Å²) in [5.74, 6) is 0.800. The first-order chi connectivity index (χ1) is 15.9. The summed E-state index contributed by atoms with van der Waals surface area (Å²) in [6, 6.07) is 15.1. The van der Waals surface area contributed by atoms with Gasteiger partial charge < -0.3 is 26.4 Å². The molecule has 0 radical (unpaired) electrons. The maximum absolute atomic E-state index is 11.3. The highest BCUT2D eigenvalue weighted by Gasteiger charge is 2.13. The maximum Gasteiger partial charge on any atom is 0.263 e. The first-order valence-corrected chi connectivity index (χ1v) is 10.1. The monoisotopic (exact) mass is 447 g/mol. The van der Waals surface area contributed by atoms with Crippen molar-refractivity contribution in [2.45, 2.75) is 20.3 Å². The van der Waals surface area contributed by atoms with Gasteiger partial charge in [-0.3, -0.25) is 4.79 Å². The number of aliphatic hydroxyl groups excluding tert-OH is 1. The lowest BCUT2D eigenvalue weighted by atomic mass is 10.1. The molecule has 0 aliphatic heterocycles. The van der Waals surface area contributed by atoms with Crippen LogP contribution in [0.2, 0.25) is 0 Å². The van der Waals surface area contributed by atoms with E-state index in [0.717, 1.165) is 12.0 Å². The van der Waals surface area contributed by atoms with Crippen molar-refractivity contribution in [3.05, 3.63) is 77.2 Å². The van der Waals surface area contributed by atoms with E-state index in [9.17, 15) is 4.79 Å². The predicted molar refractivity (Wildman–Crippen MR) is 125 cm³/mol. The highest BCUT2D eigenvalue weighted by molar-refractivity contribution is 5.94. The van der Waals surface area contributed by atoms with Crippen molar-refractivity contribution in [2.24, 2.45) is 5.73 Å². The Hall–Kier alpha value is -4.31. The van der Waals surface area contributed by atoms with E-state index in [1.807, 2.05) is 30.3 Å². The number of nitrogen functional groups attached to an aromatic ring is 1. The third kappa shape index (κ3) is 6.34. The molecule has 2 heterocycles. The van der Waals surface area contributed by atoms with Crippen molar-refractivity contribution < 1.29 is 14.4 Å². The minimum atomic E-state index is -0.473. The fourth-order valence-corrected chi connectivity index (χ4v) is 2.95. The Kier molecular flexibility index (Phi) is 7.66. The van der Waals surface area contributed by atoms with Crippen LogP contribution in [0.4, 0.5) is 17.5 Å². The second-order valence-electron chi connectivity index (χ2n) is 7.12. The first-order valence-electron chi connectivity index (χ1n) is 10.1. The molecule has 170 valence electrons. The third-order valence-electron chi connectivity index (χ3n) is 4.57. The Bertz CT molecular complexity index is 1230. The van der Waals surface area contributed by atoms with E-state index in [2.05, 4.69) is 25.4 Å². The van der Waals surface area contributed by atoms with Gasteiger partial charge >= 0.3 is 0 Å². The minimum absolute atomic E-state index is 0.210. The highest BCUT2D eigenvalue weighted by Crippen LogP contribution is 2.24. The van der Waals surface area contributed by atoms with Crippen molar-refractivity contribution in [3.63, 3.8) is 0 Å². The lowest BCUT2D eigenvalue weighted by molar-refractivity contribution is 0.0999. The summed E-state index contributed by atoms with van der Waals surface area (Å²) in [6.45, 7) is 3.74. The van der Waals surface area contributed by atoms with Crippen molar-refractivity contribution >= 4 is 23.4 Å². The number of benzene rings is 2. The average Bonchev–Trinajstić information content (AvgIpc) is 3.21. The number of anilines is 3. The van der Waals surface area contributed by atoms with Gasteiger partial charge in [-0.2, -0.15) is 9.97 Å². The number of nitrogens with two attached hydrogens (primary N) is 2. The third-order valence-corrected chi connectivity index (χ3v) is 4.57. The van der Waals surface area contributed by atoms with Crippen molar-refractivity contribution in [1.29, 1.82) is 0 Å². The van der Waals surface area contributed by atoms with Gasteiger partial charge in [-0.15, -0.1) is 0 Å². The molecule has 0 spiro atoms. The fraction of sp³-hybridized carbons (Fsp3) is 0.174. The Morgan fingerprint density at radius 3 is 2.45 bits per heavy atom. The smallest absolute Gasteiger partial charge is 0.263 e. The van der Waals surface area contributed by atoms with Crippen LogP contribution in [-0.2, 0) is 6.42 Å². The molecular weight excluding hydrogens is 422 g/mol. The van der Waals surface area contributed by atoms with Crippen LogP contribution in [0.15, 0.2) is 59.3 Å². The zero-order chi connectivity index (χ0) is 23.8. The van der Waals surface area contributed by atoms with Gasteiger partial charge in [0.25, 0.3) is 5.89 Å². The fourth-order valence-electron chi connectivity index (χ4n) is 2.95. The van der Waals surface area contributed by atoms with Gasteiger partial charge in [0.2, 0.25) is 11.9 Å². The molecule has 10 nitrogen and oxygen atoms in total. The quantitative estimate of drug-likeness (QED) is 0.347. The molecule has 0 bridgehead atoms. The standard InChI is InChI=1S/C15H15N7O2.C8H10O/c1-7-5-9(3-4-10(7)13(17)23)20-15-18-6-11(12(16)21-15)14-19-8(2)22-24-14;9-7-6-8-4-2-1-3-5-8/h3-6H,1-2H3,(H2,17,23)(H3,16,18,20,21);1-5,9H,6-7H2. The summed E-state index contributed by atoms with van der Waals surface area (Å²) in [7, 11) is 0. The molecule has 0 unspecified atom stereocenters. The van der Waals surface area contributed by atoms with Crippen molar-refractivity contribution in [1.82, 2.24) is 20.1 Å². The van der Waals surface area contributed by atoms with Gasteiger partial charge in [0, 0.05) is 24.1 Å². The Morgan fingerprint density at radius 2 is 1.88 bits per heavy atom. The number of hydrogen-bond donors (Lipinski definition) is 4. The Labute approximate surface area is 190 Å². The van der Waals surface area contributed by atoms with E-state index in [1.165, 1.54) is 11.8 Å². The SMILES string of the molecule is Cc1noc(-c2cnc(Nc3ccc(C(N)=O)c(C)c3)nc2N)n1.OCCc1ccccc1.